The van der Waals surface area contributed by atoms with Gasteiger partial charge >= 0.3 is 0 Å². The Morgan fingerprint density at radius 3 is 2.80 bits per heavy atom. The Balaban J connectivity index is 1.89. The van der Waals surface area contributed by atoms with Gasteiger partial charge in [-0.3, -0.25) is 4.90 Å². The Labute approximate surface area is 124 Å². The molecule has 1 N–H and O–H groups in total. The van der Waals surface area contributed by atoms with E-state index in [4.69, 9.17) is 0 Å². The van der Waals surface area contributed by atoms with Crippen molar-refractivity contribution in [3.63, 3.8) is 0 Å². The van der Waals surface area contributed by atoms with E-state index in [1.165, 1.54) is 42.6 Å². The van der Waals surface area contributed by atoms with Gasteiger partial charge in [0.15, 0.2) is 0 Å². The zero-order chi connectivity index (χ0) is 14.5. The first-order valence-electron chi connectivity index (χ1n) is 8.06. The predicted molar refractivity (Wildman–Crippen MR) is 87.1 cm³/mol. The van der Waals surface area contributed by atoms with Crippen molar-refractivity contribution >= 4 is 0 Å². The van der Waals surface area contributed by atoms with Crippen LogP contribution >= 0.6 is 0 Å². The van der Waals surface area contributed by atoms with E-state index in [9.17, 15) is 0 Å². The molecule has 0 aromatic heterocycles. The molecule has 1 heterocycles. The average Bonchev–Trinajstić information content (AvgIpc) is 2.40. The molecule has 1 aromatic carbocycles. The Morgan fingerprint density at radius 2 is 2.10 bits per heavy atom. The van der Waals surface area contributed by atoms with Crippen molar-refractivity contribution in [2.75, 3.05) is 19.6 Å². The summed E-state index contributed by atoms with van der Waals surface area (Å²) in [4.78, 5) is 2.61. The number of benzene rings is 1. The quantitative estimate of drug-likeness (QED) is 0.884. The zero-order valence-corrected chi connectivity index (χ0v) is 13.6. The van der Waals surface area contributed by atoms with Crippen LogP contribution in [0.1, 0.15) is 43.4 Å². The van der Waals surface area contributed by atoms with E-state index in [1.54, 1.807) is 0 Å². The fourth-order valence-electron chi connectivity index (χ4n) is 3.03. The number of rotatable bonds is 5. The lowest BCUT2D eigenvalue weighted by molar-refractivity contribution is 0.181. The van der Waals surface area contributed by atoms with Crippen molar-refractivity contribution in [3.8, 4) is 0 Å². The van der Waals surface area contributed by atoms with Gasteiger partial charge in [0.25, 0.3) is 0 Å². The van der Waals surface area contributed by atoms with Gasteiger partial charge in [-0.05, 0) is 56.8 Å². The monoisotopic (exact) mass is 274 g/mol. The van der Waals surface area contributed by atoms with E-state index in [1.807, 2.05) is 0 Å². The van der Waals surface area contributed by atoms with Crippen LogP contribution in [0.3, 0.4) is 0 Å². The first-order valence-corrected chi connectivity index (χ1v) is 8.06. The lowest BCUT2D eigenvalue weighted by atomic mass is 10.0. The molecule has 2 nitrogen and oxygen atoms in total. The summed E-state index contributed by atoms with van der Waals surface area (Å²) < 4.78 is 0. The number of likely N-dealkylation sites (tertiary alicyclic amines) is 1. The SMILES string of the molecule is Cc1ccc(CN2CCCC(NCC(C)C)C2)c(C)c1. The van der Waals surface area contributed by atoms with Crippen molar-refractivity contribution in [1.29, 1.82) is 0 Å². The molecule has 1 fully saturated rings. The van der Waals surface area contributed by atoms with E-state index >= 15 is 0 Å². The summed E-state index contributed by atoms with van der Waals surface area (Å²) in [5.41, 5.74) is 4.28. The average molecular weight is 274 g/mol. The molecule has 2 heteroatoms. The molecule has 1 unspecified atom stereocenters. The van der Waals surface area contributed by atoms with Gasteiger partial charge < -0.3 is 5.32 Å². The highest BCUT2D eigenvalue weighted by Gasteiger charge is 2.20. The molecular weight excluding hydrogens is 244 g/mol. The molecule has 0 bridgehead atoms. The number of piperidine rings is 1. The lowest BCUT2D eigenvalue weighted by Crippen LogP contribution is -2.46. The minimum atomic E-state index is 0.678. The molecular formula is C18H30N2. The lowest BCUT2D eigenvalue weighted by Gasteiger charge is -2.34. The Morgan fingerprint density at radius 1 is 1.30 bits per heavy atom. The summed E-state index contributed by atoms with van der Waals surface area (Å²) in [6, 6.07) is 7.52. The van der Waals surface area contributed by atoms with Crippen molar-refractivity contribution < 1.29 is 0 Å². The molecule has 0 radical (unpaired) electrons. The van der Waals surface area contributed by atoms with Crippen LogP contribution in [-0.4, -0.2) is 30.6 Å². The van der Waals surface area contributed by atoms with E-state index in [0.717, 1.165) is 19.0 Å². The normalized spacial score (nSPS) is 20.6. The third kappa shape index (κ3) is 4.60. The third-order valence-electron chi connectivity index (χ3n) is 4.21. The number of hydrogen-bond donors (Lipinski definition) is 1. The second-order valence-corrected chi connectivity index (χ2v) is 6.81. The van der Waals surface area contributed by atoms with E-state index in [-0.39, 0.29) is 0 Å². The van der Waals surface area contributed by atoms with Gasteiger partial charge in [0, 0.05) is 19.1 Å². The summed E-state index contributed by atoms with van der Waals surface area (Å²) in [6.07, 6.45) is 2.65. The van der Waals surface area contributed by atoms with Gasteiger partial charge in [-0.1, -0.05) is 37.6 Å². The highest BCUT2D eigenvalue weighted by Crippen LogP contribution is 2.17. The van der Waals surface area contributed by atoms with Gasteiger partial charge in [-0.15, -0.1) is 0 Å². The van der Waals surface area contributed by atoms with Gasteiger partial charge in [0.05, 0.1) is 0 Å². The van der Waals surface area contributed by atoms with Crippen molar-refractivity contribution in [3.05, 3.63) is 34.9 Å². The number of nitrogens with zero attached hydrogens (tertiary/aromatic N) is 1. The number of nitrogens with one attached hydrogen (secondary N) is 1. The van der Waals surface area contributed by atoms with Crippen LogP contribution in [0.5, 0.6) is 0 Å². The molecule has 0 saturated carbocycles. The second-order valence-electron chi connectivity index (χ2n) is 6.81. The molecule has 1 saturated heterocycles. The molecule has 2 rings (SSSR count). The largest absolute Gasteiger partial charge is 0.312 e. The Bertz CT molecular complexity index is 425. The first-order chi connectivity index (χ1) is 9.54. The van der Waals surface area contributed by atoms with Crippen LogP contribution in [0.15, 0.2) is 18.2 Å². The summed E-state index contributed by atoms with van der Waals surface area (Å²) in [5.74, 6) is 0.740. The van der Waals surface area contributed by atoms with Gasteiger partial charge in [-0.25, -0.2) is 0 Å². The van der Waals surface area contributed by atoms with Crippen LogP contribution in [0, 0.1) is 19.8 Å². The fraction of sp³-hybridized carbons (Fsp3) is 0.667. The summed E-state index contributed by atoms with van der Waals surface area (Å²) >= 11 is 0. The van der Waals surface area contributed by atoms with Crippen LogP contribution < -0.4 is 5.32 Å². The molecule has 1 aromatic rings. The Kier molecular flexibility index (Phi) is 5.62. The molecule has 1 atom stereocenters. The van der Waals surface area contributed by atoms with Crippen molar-refractivity contribution in [1.82, 2.24) is 10.2 Å². The standard InChI is InChI=1S/C18H30N2/c1-14(2)11-19-18-6-5-9-20(13-18)12-17-8-7-15(3)10-16(17)4/h7-8,10,14,18-19H,5-6,9,11-13H2,1-4H3. The summed E-state index contributed by atoms with van der Waals surface area (Å²) in [5, 5.41) is 3.72. The van der Waals surface area contributed by atoms with Crippen LogP contribution in [0.25, 0.3) is 0 Å². The first kappa shape index (κ1) is 15.5. The minimum absolute atomic E-state index is 0.678. The van der Waals surface area contributed by atoms with Gasteiger partial charge in [0.2, 0.25) is 0 Å². The molecule has 0 aliphatic carbocycles. The van der Waals surface area contributed by atoms with E-state index in [2.05, 4.69) is 56.1 Å². The summed E-state index contributed by atoms with van der Waals surface area (Å²) in [6.45, 7) is 13.7. The van der Waals surface area contributed by atoms with Gasteiger partial charge in [0.1, 0.15) is 0 Å². The fourth-order valence-corrected chi connectivity index (χ4v) is 3.03. The van der Waals surface area contributed by atoms with Crippen molar-refractivity contribution in [2.24, 2.45) is 5.92 Å². The molecule has 0 amide bonds. The molecule has 1 aliphatic heterocycles. The Hall–Kier alpha value is -0.860. The number of hydrogen-bond acceptors (Lipinski definition) is 2. The topological polar surface area (TPSA) is 15.3 Å². The molecule has 20 heavy (non-hydrogen) atoms. The smallest absolute Gasteiger partial charge is 0.0237 e. The maximum Gasteiger partial charge on any atom is 0.0237 e. The van der Waals surface area contributed by atoms with Crippen LogP contribution in [0.4, 0.5) is 0 Å². The molecule has 1 aliphatic rings. The van der Waals surface area contributed by atoms with E-state index in [0.29, 0.717) is 6.04 Å². The van der Waals surface area contributed by atoms with E-state index < -0.39 is 0 Å². The maximum absolute atomic E-state index is 3.72. The highest BCUT2D eigenvalue weighted by atomic mass is 15.2. The number of aryl methyl sites for hydroxylation is 2. The van der Waals surface area contributed by atoms with Crippen LogP contribution in [0.2, 0.25) is 0 Å². The van der Waals surface area contributed by atoms with Gasteiger partial charge in [-0.2, -0.15) is 0 Å². The molecule has 0 spiro atoms. The third-order valence-corrected chi connectivity index (χ3v) is 4.21. The maximum atomic E-state index is 3.72. The zero-order valence-electron chi connectivity index (χ0n) is 13.6. The summed E-state index contributed by atoms with van der Waals surface area (Å²) in [7, 11) is 0. The highest BCUT2D eigenvalue weighted by molar-refractivity contribution is 5.30. The minimum Gasteiger partial charge on any atom is -0.312 e. The van der Waals surface area contributed by atoms with Crippen molar-refractivity contribution in [2.45, 2.75) is 53.1 Å². The van der Waals surface area contributed by atoms with Crippen LogP contribution in [-0.2, 0) is 6.54 Å². The predicted octanol–water partition coefficient (Wildman–Crippen LogP) is 3.51. The second kappa shape index (κ2) is 7.24. The molecule has 112 valence electrons.